The summed E-state index contributed by atoms with van der Waals surface area (Å²) in [6.45, 7) is 2.33. The van der Waals surface area contributed by atoms with Gasteiger partial charge in [0.05, 0.1) is 0 Å². The lowest BCUT2D eigenvalue weighted by Gasteiger charge is -2.21. The SMILES string of the molecule is BrCc1ccc(N2CCCCCC2)nc1. The van der Waals surface area contributed by atoms with E-state index in [0.717, 1.165) is 11.1 Å². The highest BCUT2D eigenvalue weighted by Gasteiger charge is 2.10. The maximum Gasteiger partial charge on any atom is 0.128 e. The third kappa shape index (κ3) is 2.94. The lowest BCUT2D eigenvalue weighted by Crippen LogP contribution is -2.24. The Labute approximate surface area is 99.8 Å². The van der Waals surface area contributed by atoms with Crippen molar-refractivity contribution in [1.29, 1.82) is 0 Å². The first-order chi connectivity index (χ1) is 7.40. The summed E-state index contributed by atoms with van der Waals surface area (Å²) < 4.78 is 0. The van der Waals surface area contributed by atoms with Gasteiger partial charge in [0.25, 0.3) is 0 Å². The Bertz CT molecular complexity index is 289. The highest BCUT2D eigenvalue weighted by atomic mass is 79.9. The van der Waals surface area contributed by atoms with Crippen LogP contribution >= 0.6 is 15.9 Å². The molecule has 0 unspecified atom stereocenters. The fraction of sp³-hybridized carbons (Fsp3) is 0.583. The van der Waals surface area contributed by atoms with Crippen molar-refractivity contribution in [3.8, 4) is 0 Å². The minimum atomic E-state index is 0.889. The second-order valence-corrected chi connectivity index (χ2v) is 4.62. The Balaban J connectivity index is 2.06. The summed E-state index contributed by atoms with van der Waals surface area (Å²) in [7, 11) is 0. The van der Waals surface area contributed by atoms with Crippen LogP contribution in [0.25, 0.3) is 0 Å². The van der Waals surface area contributed by atoms with E-state index in [-0.39, 0.29) is 0 Å². The van der Waals surface area contributed by atoms with Crippen molar-refractivity contribution in [2.45, 2.75) is 31.0 Å². The Morgan fingerprint density at radius 1 is 1.13 bits per heavy atom. The van der Waals surface area contributed by atoms with Crippen molar-refractivity contribution in [1.82, 2.24) is 4.98 Å². The molecule has 0 atom stereocenters. The Kier molecular flexibility index (Phi) is 4.01. The van der Waals surface area contributed by atoms with E-state index < -0.39 is 0 Å². The van der Waals surface area contributed by atoms with Gasteiger partial charge >= 0.3 is 0 Å². The highest BCUT2D eigenvalue weighted by Crippen LogP contribution is 2.17. The molecule has 0 radical (unpaired) electrons. The quantitative estimate of drug-likeness (QED) is 0.765. The van der Waals surface area contributed by atoms with Crippen LogP contribution in [0.15, 0.2) is 18.3 Å². The fourth-order valence-electron chi connectivity index (χ4n) is 1.98. The van der Waals surface area contributed by atoms with Gasteiger partial charge in [-0.05, 0) is 24.5 Å². The molecule has 1 fully saturated rings. The number of rotatable bonds is 2. The van der Waals surface area contributed by atoms with E-state index in [9.17, 15) is 0 Å². The van der Waals surface area contributed by atoms with Gasteiger partial charge in [-0.25, -0.2) is 4.98 Å². The summed E-state index contributed by atoms with van der Waals surface area (Å²) in [6.07, 6.45) is 7.32. The van der Waals surface area contributed by atoms with Crippen molar-refractivity contribution in [3.63, 3.8) is 0 Å². The van der Waals surface area contributed by atoms with Crippen LogP contribution in [0.2, 0.25) is 0 Å². The molecule has 1 aromatic rings. The summed E-state index contributed by atoms with van der Waals surface area (Å²) in [5.41, 5.74) is 1.24. The zero-order chi connectivity index (χ0) is 10.5. The maximum absolute atomic E-state index is 4.51. The number of alkyl halides is 1. The van der Waals surface area contributed by atoms with Crippen LogP contribution in [0, 0.1) is 0 Å². The standard InChI is InChI=1S/C12H17BrN2/c13-9-11-5-6-12(14-10-11)15-7-3-1-2-4-8-15/h5-6,10H,1-4,7-9H2. The number of halogens is 1. The van der Waals surface area contributed by atoms with Crippen LogP contribution in [0.5, 0.6) is 0 Å². The van der Waals surface area contributed by atoms with E-state index in [4.69, 9.17) is 0 Å². The van der Waals surface area contributed by atoms with Crippen LogP contribution in [0.4, 0.5) is 5.82 Å². The molecule has 0 spiro atoms. The lowest BCUT2D eigenvalue weighted by atomic mass is 10.2. The third-order valence-corrected chi connectivity index (χ3v) is 3.54. The first kappa shape index (κ1) is 10.9. The number of anilines is 1. The molecule has 1 saturated heterocycles. The first-order valence-corrected chi connectivity index (χ1v) is 6.78. The van der Waals surface area contributed by atoms with Gasteiger partial charge in [0, 0.05) is 24.6 Å². The van der Waals surface area contributed by atoms with E-state index in [1.165, 1.54) is 44.3 Å². The monoisotopic (exact) mass is 268 g/mol. The van der Waals surface area contributed by atoms with E-state index in [2.05, 4.69) is 37.9 Å². The van der Waals surface area contributed by atoms with Crippen LogP contribution in [-0.2, 0) is 5.33 Å². The molecule has 0 aliphatic carbocycles. The number of nitrogens with zero attached hydrogens (tertiary/aromatic N) is 2. The second kappa shape index (κ2) is 5.50. The van der Waals surface area contributed by atoms with Crippen molar-refractivity contribution in [2.75, 3.05) is 18.0 Å². The second-order valence-electron chi connectivity index (χ2n) is 4.06. The molecule has 0 bridgehead atoms. The summed E-state index contributed by atoms with van der Waals surface area (Å²) in [4.78, 5) is 6.92. The highest BCUT2D eigenvalue weighted by molar-refractivity contribution is 9.08. The van der Waals surface area contributed by atoms with Gasteiger partial charge in [0.2, 0.25) is 0 Å². The topological polar surface area (TPSA) is 16.1 Å². The van der Waals surface area contributed by atoms with Crippen LogP contribution in [0.3, 0.4) is 0 Å². The zero-order valence-electron chi connectivity index (χ0n) is 8.95. The Hall–Kier alpha value is -0.570. The van der Waals surface area contributed by atoms with Gasteiger partial charge in [0.15, 0.2) is 0 Å². The number of aromatic nitrogens is 1. The molecule has 0 N–H and O–H groups in total. The van der Waals surface area contributed by atoms with Gasteiger partial charge in [0.1, 0.15) is 5.82 Å². The smallest absolute Gasteiger partial charge is 0.128 e. The van der Waals surface area contributed by atoms with Crippen molar-refractivity contribution in [2.24, 2.45) is 0 Å². The van der Waals surface area contributed by atoms with E-state index >= 15 is 0 Å². The largest absolute Gasteiger partial charge is 0.357 e. The van der Waals surface area contributed by atoms with Gasteiger partial charge in [-0.1, -0.05) is 34.8 Å². The third-order valence-electron chi connectivity index (χ3n) is 2.89. The maximum atomic E-state index is 4.51. The molecular weight excluding hydrogens is 252 g/mol. The lowest BCUT2D eigenvalue weighted by molar-refractivity contribution is 0.726. The normalized spacial score (nSPS) is 17.5. The molecule has 0 aromatic carbocycles. The predicted octanol–water partition coefficient (Wildman–Crippen LogP) is 3.36. The fourth-order valence-corrected chi connectivity index (χ4v) is 2.31. The molecule has 1 aliphatic rings. The first-order valence-electron chi connectivity index (χ1n) is 5.66. The number of pyridine rings is 1. The number of hydrogen-bond acceptors (Lipinski definition) is 2. The van der Waals surface area contributed by atoms with Gasteiger partial charge in [-0.15, -0.1) is 0 Å². The van der Waals surface area contributed by atoms with E-state index in [1.807, 2.05) is 6.20 Å². The minimum absolute atomic E-state index is 0.889. The molecule has 15 heavy (non-hydrogen) atoms. The van der Waals surface area contributed by atoms with Crippen LogP contribution in [-0.4, -0.2) is 18.1 Å². The molecule has 82 valence electrons. The van der Waals surface area contributed by atoms with Gasteiger partial charge in [-0.3, -0.25) is 0 Å². The Morgan fingerprint density at radius 2 is 1.87 bits per heavy atom. The van der Waals surface area contributed by atoms with Gasteiger partial charge < -0.3 is 4.90 Å². The molecule has 2 nitrogen and oxygen atoms in total. The molecule has 1 aromatic heterocycles. The van der Waals surface area contributed by atoms with Crippen LogP contribution < -0.4 is 4.90 Å². The molecule has 3 heteroatoms. The molecule has 0 saturated carbocycles. The van der Waals surface area contributed by atoms with E-state index in [0.29, 0.717) is 0 Å². The summed E-state index contributed by atoms with van der Waals surface area (Å²) in [5.74, 6) is 1.14. The molecule has 1 aliphatic heterocycles. The number of hydrogen-bond donors (Lipinski definition) is 0. The zero-order valence-corrected chi connectivity index (χ0v) is 10.5. The Morgan fingerprint density at radius 3 is 2.40 bits per heavy atom. The van der Waals surface area contributed by atoms with E-state index in [1.54, 1.807) is 0 Å². The van der Waals surface area contributed by atoms with Gasteiger partial charge in [-0.2, -0.15) is 0 Å². The summed E-state index contributed by atoms with van der Waals surface area (Å²) >= 11 is 3.44. The summed E-state index contributed by atoms with van der Waals surface area (Å²) in [6, 6.07) is 4.30. The van der Waals surface area contributed by atoms with Crippen molar-refractivity contribution < 1.29 is 0 Å². The van der Waals surface area contributed by atoms with Crippen LogP contribution in [0.1, 0.15) is 31.2 Å². The van der Waals surface area contributed by atoms with Crippen molar-refractivity contribution >= 4 is 21.7 Å². The molecule has 2 rings (SSSR count). The average Bonchev–Trinajstić information content (AvgIpc) is 2.58. The molecular formula is C12H17BrN2. The minimum Gasteiger partial charge on any atom is -0.357 e. The molecule has 2 heterocycles. The summed E-state index contributed by atoms with van der Waals surface area (Å²) in [5, 5.41) is 0.889. The predicted molar refractivity (Wildman–Crippen MR) is 67.5 cm³/mol. The average molecular weight is 269 g/mol. The molecule has 0 amide bonds. The van der Waals surface area contributed by atoms with Crippen molar-refractivity contribution in [3.05, 3.63) is 23.9 Å².